The van der Waals surface area contributed by atoms with Crippen LogP contribution in [0.4, 0.5) is 0 Å². The average molecular weight is 232 g/mol. The second-order valence-corrected chi connectivity index (χ2v) is 4.47. The van der Waals surface area contributed by atoms with Gasteiger partial charge in [-0.15, -0.1) is 11.6 Å². The maximum Gasteiger partial charge on any atom is 0.0716 e. The molecule has 0 saturated heterocycles. The van der Waals surface area contributed by atoms with Gasteiger partial charge in [0.2, 0.25) is 0 Å². The zero-order valence-corrected chi connectivity index (χ0v) is 8.27. The van der Waals surface area contributed by atoms with Crippen molar-refractivity contribution in [2.24, 2.45) is 0 Å². The molecular weight excluding hydrogens is 223 g/mol. The highest BCUT2D eigenvalue weighted by Gasteiger charge is 2.27. The molecule has 1 aromatic carbocycles. The van der Waals surface area contributed by atoms with E-state index in [0.717, 1.165) is 6.42 Å². The molecule has 0 fully saturated rings. The predicted octanol–water partition coefficient (Wildman–Crippen LogP) is 3.29. The summed E-state index contributed by atoms with van der Waals surface area (Å²) in [7, 11) is 0. The van der Waals surface area contributed by atoms with Crippen LogP contribution in [0.25, 0.3) is 0 Å². The first-order chi connectivity index (χ1) is 5.29. The monoisotopic (exact) mass is 230 g/mol. The largest absolute Gasteiger partial charge is 0.117 e. The Balaban J connectivity index is 2.47. The summed E-state index contributed by atoms with van der Waals surface area (Å²) in [4.78, 5) is 0.418. The summed E-state index contributed by atoms with van der Waals surface area (Å²) < 4.78 is 0. The van der Waals surface area contributed by atoms with Gasteiger partial charge in [-0.3, -0.25) is 0 Å². The van der Waals surface area contributed by atoms with Gasteiger partial charge in [0, 0.05) is 4.83 Å². The van der Waals surface area contributed by atoms with Crippen LogP contribution in [-0.4, -0.2) is 4.83 Å². The van der Waals surface area contributed by atoms with Gasteiger partial charge in [0.25, 0.3) is 0 Å². The van der Waals surface area contributed by atoms with E-state index < -0.39 is 0 Å². The normalized spacial score (nSPS) is 28.5. The quantitative estimate of drug-likeness (QED) is 0.601. The van der Waals surface area contributed by atoms with Gasteiger partial charge in [0.05, 0.1) is 5.38 Å². The van der Waals surface area contributed by atoms with E-state index in [-0.39, 0.29) is 5.38 Å². The summed E-state index contributed by atoms with van der Waals surface area (Å²) in [6.45, 7) is 0. The van der Waals surface area contributed by atoms with Crippen LogP contribution < -0.4 is 0 Å². The Morgan fingerprint density at radius 1 is 1.36 bits per heavy atom. The summed E-state index contributed by atoms with van der Waals surface area (Å²) in [5.74, 6) is 0. The van der Waals surface area contributed by atoms with E-state index >= 15 is 0 Å². The van der Waals surface area contributed by atoms with E-state index in [1.54, 1.807) is 0 Å². The zero-order valence-electron chi connectivity index (χ0n) is 5.93. The fourth-order valence-electron chi connectivity index (χ4n) is 1.50. The lowest BCUT2D eigenvalue weighted by Crippen LogP contribution is -1.97. The first-order valence-electron chi connectivity index (χ1n) is 3.65. The maximum absolute atomic E-state index is 6.15. The molecule has 58 valence electrons. The predicted molar refractivity (Wildman–Crippen MR) is 51.5 cm³/mol. The van der Waals surface area contributed by atoms with Crippen LogP contribution in [0.3, 0.4) is 0 Å². The van der Waals surface area contributed by atoms with E-state index in [4.69, 9.17) is 11.6 Å². The minimum Gasteiger partial charge on any atom is -0.117 e. The lowest BCUT2D eigenvalue weighted by atomic mass is 10.1. The molecule has 11 heavy (non-hydrogen) atoms. The minimum atomic E-state index is 0.159. The van der Waals surface area contributed by atoms with Crippen molar-refractivity contribution < 1.29 is 0 Å². The molecule has 2 atom stereocenters. The van der Waals surface area contributed by atoms with Gasteiger partial charge < -0.3 is 0 Å². The highest BCUT2D eigenvalue weighted by atomic mass is 79.9. The number of halogens is 2. The number of rotatable bonds is 0. The summed E-state index contributed by atoms with van der Waals surface area (Å²) in [5, 5.41) is 0.159. The van der Waals surface area contributed by atoms with Crippen molar-refractivity contribution in [2.75, 3.05) is 0 Å². The molecule has 0 amide bonds. The SMILES string of the molecule is Cl[C@H]1c2ccccc2C[C@H]1Br. The lowest BCUT2D eigenvalue weighted by Gasteiger charge is -2.04. The van der Waals surface area contributed by atoms with Crippen molar-refractivity contribution in [1.82, 2.24) is 0 Å². The molecule has 0 bridgehead atoms. The average Bonchev–Trinajstić information content (AvgIpc) is 2.30. The first-order valence-corrected chi connectivity index (χ1v) is 5.00. The van der Waals surface area contributed by atoms with E-state index in [1.807, 2.05) is 6.07 Å². The van der Waals surface area contributed by atoms with E-state index in [1.165, 1.54) is 11.1 Å². The Morgan fingerprint density at radius 3 is 2.82 bits per heavy atom. The lowest BCUT2D eigenvalue weighted by molar-refractivity contribution is 0.922. The van der Waals surface area contributed by atoms with Crippen molar-refractivity contribution >= 4 is 27.5 Å². The molecule has 0 aliphatic heterocycles. The molecule has 0 radical (unpaired) electrons. The van der Waals surface area contributed by atoms with Crippen LogP contribution in [0, 0.1) is 0 Å². The van der Waals surface area contributed by atoms with Gasteiger partial charge in [-0.25, -0.2) is 0 Å². The summed E-state index contributed by atoms with van der Waals surface area (Å²) >= 11 is 9.70. The van der Waals surface area contributed by atoms with Crippen molar-refractivity contribution in [2.45, 2.75) is 16.6 Å². The number of alkyl halides is 2. The highest BCUT2D eigenvalue weighted by molar-refractivity contribution is 9.09. The Morgan fingerprint density at radius 2 is 2.09 bits per heavy atom. The third kappa shape index (κ3) is 1.21. The van der Waals surface area contributed by atoms with Gasteiger partial charge in [-0.2, -0.15) is 0 Å². The second-order valence-electron chi connectivity index (χ2n) is 2.82. The number of benzene rings is 1. The molecular formula is C9H8BrCl. The Hall–Kier alpha value is -0.0100. The topological polar surface area (TPSA) is 0 Å². The molecule has 1 aliphatic carbocycles. The van der Waals surface area contributed by atoms with Gasteiger partial charge in [0.15, 0.2) is 0 Å². The highest BCUT2D eigenvalue weighted by Crippen LogP contribution is 2.39. The Labute approximate surface area is 79.7 Å². The smallest absolute Gasteiger partial charge is 0.0716 e. The molecule has 0 heterocycles. The summed E-state index contributed by atoms with van der Waals surface area (Å²) in [5.41, 5.74) is 2.67. The van der Waals surface area contributed by atoms with Crippen molar-refractivity contribution in [3.63, 3.8) is 0 Å². The maximum atomic E-state index is 6.15. The third-order valence-electron chi connectivity index (χ3n) is 2.08. The molecule has 0 spiro atoms. The van der Waals surface area contributed by atoms with Crippen molar-refractivity contribution in [3.8, 4) is 0 Å². The summed E-state index contributed by atoms with van der Waals surface area (Å²) in [6, 6.07) is 8.35. The number of hydrogen-bond acceptors (Lipinski definition) is 0. The third-order valence-corrected chi connectivity index (χ3v) is 3.78. The van der Waals surface area contributed by atoms with Gasteiger partial charge in [-0.1, -0.05) is 40.2 Å². The molecule has 0 N–H and O–H groups in total. The fraction of sp³-hybridized carbons (Fsp3) is 0.333. The van der Waals surface area contributed by atoms with Crippen LogP contribution in [0.5, 0.6) is 0 Å². The molecule has 1 aromatic rings. The molecule has 2 heteroatoms. The van der Waals surface area contributed by atoms with Gasteiger partial charge in [0.1, 0.15) is 0 Å². The molecule has 0 unspecified atom stereocenters. The van der Waals surface area contributed by atoms with E-state index in [2.05, 4.69) is 34.1 Å². The molecule has 1 aliphatic rings. The van der Waals surface area contributed by atoms with Crippen LogP contribution in [0.2, 0.25) is 0 Å². The van der Waals surface area contributed by atoms with Crippen LogP contribution >= 0.6 is 27.5 Å². The number of hydrogen-bond donors (Lipinski definition) is 0. The molecule has 2 rings (SSSR count). The number of fused-ring (bicyclic) bond motifs is 1. The van der Waals surface area contributed by atoms with E-state index in [0.29, 0.717) is 4.83 Å². The Bertz CT molecular complexity index is 272. The second kappa shape index (κ2) is 2.80. The van der Waals surface area contributed by atoms with Gasteiger partial charge >= 0.3 is 0 Å². The van der Waals surface area contributed by atoms with Crippen molar-refractivity contribution in [3.05, 3.63) is 35.4 Å². The Kier molecular flexibility index (Phi) is 1.94. The standard InChI is InChI=1S/C9H8BrCl/c10-8-5-6-3-1-2-4-7(6)9(8)11/h1-4,8-9H,5H2/t8-,9+/m1/s1. The van der Waals surface area contributed by atoms with Crippen molar-refractivity contribution in [1.29, 1.82) is 0 Å². The van der Waals surface area contributed by atoms with E-state index in [9.17, 15) is 0 Å². The zero-order chi connectivity index (χ0) is 7.84. The van der Waals surface area contributed by atoms with Crippen LogP contribution in [0.1, 0.15) is 16.5 Å². The molecule has 0 nitrogen and oxygen atoms in total. The summed E-state index contributed by atoms with van der Waals surface area (Å²) in [6.07, 6.45) is 1.06. The van der Waals surface area contributed by atoms with Crippen LogP contribution in [0.15, 0.2) is 24.3 Å². The first kappa shape index (κ1) is 7.63. The van der Waals surface area contributed by atoms with Gasteiger partial charge in [-0.05, 0) is 17.5 Å². The molecule has 0 saturated carbocycles. The fourth-order valence-corrected chi connectivity index (χ4v) is 2.43. The van der Waals surface area contributed by atoms with Crippen LogP contribution in [-0.2, 0) is 6.42 Å². The molecule has 0 aromatic heterocycles. The minimum absolute atomic E-state index is 0.159.